The van der Waals surface area contributed by atoms with E-state index in [4.69, 9.17) is 0 Å². The molecule has 0 spiro atoms. The summed E-state index contributed by atoms with van der Waals surface area (Å²) in [6.45, 7) is 6.24. The zero-order valence-electron chi connectivity index (χ0n) is 10.8. The van der Waals surface area contributed by atoms with Gasteiger partial charge in [-0.2, -0.15) is 0 Å². The summed E-state index contributed by atoms with van der Waals surface area (Å²) in [5.41, 5.74) is 0.986. The lowest BCUT2D eigenvalue weighted by Gasteiger charge is -2.19. The van der Waals surface area contributed by atoms with Gasteiger partial charge in [0.25, 0.3) is 0 Å². The first-order valence-electron chi connectivity index (χ1n) is 5.85. The number of pyridine rings is 1. The predicted octanol–water partition coefficient (Wildman–Crippen LogP) is 4.67. The molecule has 0 aliphatic heterocycles. The Morgan fingerprint density at radius 2 is 1.72 bits per heavy atom. The topological polar surface area (TPSA) is 12.9 Å². The van der Waals surface area contributed by atoms with Crippen LogP contribution in [0.1, 0.15) is 26.3 Å². The Bertz CT molecular complexity index is 532. The molecule has 0 aliphatic carbocycles. The molecule has 1 heterocycles. The number of hydrogen-bond acceptors (Lipinski definition) is 2. The molecule has 0 N–H and O–H groups in total. The third-order valence-electron chi connectivity index (χ3n) is 2.68. The SMILES string of the molecule is CC(C)(C)c1ccc(Sc2ccncc2)c(F)c1. The second-order valence-electron chi connectivity index (χ2n) is 5.18. The minimum absolute atomic E-state index is 0.0271. The Morgan fingerprint density at radius 1 is 1.06 bits per heavy atom. The molecule has 0 amide bonds. The quantitative estimate of drug-likeness (QED) is 0.779. The van der Waals surface area contributed by atoms with Gasteiger partial charge in [-0.1, -0.05) is 38.6 Å². The first kappa shape index (κ1) is 13.1. The summed E-state index contributed by atoms with van der Waals surface area (Å²) in [4.78, 5) is 5.59. The smallest absolute Gasteiger partial charge is 0.137 e. The molecule has 1 nitrogen and oxygen atoms in total. The molecule has 2 rings (SSSR count). The van der Waals surface area contributed by atoms with Gasteiger partial charge in [0, 0.05) is 22.2 Å². The summed E-state index contributed by atoms with van der Waals surface area (Å²) in [6, 6.07) is 9.22. The molecule has 0 atom stereocenters. The van der Waals surface area contributed by atoms with Crippen LogP contribution in [0.5, 0.6) is 0 Å². The van der Waals surface area contributed by atoms with Gasteiger partial charge < -0.3 is 0 Å². The zero-order chi connectivity index (χ0) is 13.2. The molecule has 1 aromatic heterocycles. The van der Waals surface area contributed by atoms with Crippen molar-refractivity contribution in [3.05, 3.63) is 54.1 Å². The van der Waals surface area contributed by atoms with Gasteiger partial charge in [-0.15, -0.1) is 0 Å². The fraction of sp³-hybridized carbons (Fsp3) is 0.267. The van der Waals surface area contributed by atoms with Gasteiger partial charge in [0.2, 0.25) is 0 Å². The molecule has 0 aliphatic rings. The van der Waals surface area contributed by atoms with E-state index in [9.17, 15) is 4.39 Å². The second kappa shape index (κ2) is 5.11. The van der Waals surface area contributed by atoms with E-state index < -0.39 is 0 Å². The van der Waals surface area contributed by atoms with Crippen LogP contribution in [0, 0.1) is 5.82 Å². The maximum atomic E-state index is 14.0. The number of rotatable bonds is 2. The fourth-order valence-corrected chi connectivity index (χ4v) is 2.39. The van der Waals surface area contributed by atoms with E-state index in [1.807, 2.05) is 24.3 Å². The second-order valence-corrected chi connectivity index (χ2v) is 6.30. The van der Waals surface area contributed by atoms with E-state index in [2.05, 4.69) is 25.8 Å². The molecule has 2 aromatic rings. The van der Waals surface area contributed by atoms with Crippen molar-refractivity contribution in [3.63, 3.8) is 0 Å². The lowest BCUT2D eigenvalue weighted by molar-refractivity contribution is 0.561. The van der Waals surface area contributed by atoms with Crippen LogP contribution in [0.3, 0.4) is 0 Å². The van der Waals surface area contributed by atoms with E-state index in [1.54, 1.807) is 18.5 Å². The monoisotopic (exact) mass is 261 g/mol. The highest BCUT2D eigenvalue weighted by molar-refractivity contribution is 7.99. The van der Waals surface area contributed by atoms with Crippen molar-refractivity contribution in [3.8, 4) is 0 Å². The Kier molecular flexibility index (Phi) is 3.71. The predicted molar refractivity (Wildman–Crippen MR) is 73.5 cm³/mol. The van der Waals surface area contributed by atoms with Gasteiger partial charge in [-0.05, 0) is 35.2 Å². The van der Waals surface area contributed by atoms with E-state index in [1.165, 1.54) is 11.8 Å². The maximum Gasteiger partial charge on any atom is 0.137 e. The average Bonchev–Trinajstić information content (AvgIpc) is 2.32. The minimum atomic E-state index is -0.163. The summed E-state index contributed by atoms with van der Waals surface area (Å²) in [5, 5.41) is 0. The van der Waals surface area contributed by atoms with Crippen LogP contribution in [0.4, 0.5) is 4.39 Å². The lowest BCUT2D eigenvalue weighted by atomic mass is 9.87. The first-order valence-corrected chi connectivity index (χ1v) is 6.66. The number of nitrogens with zero attached hydrogens (tertiary/aromatic N) is 1. The van der Waals surface area contributed by atoms with Gasteiger partial charge in [0.15, 0.2) is 0 Å². The summed E-state index contributed by atoms with van der Waals surface area (Å²) < 4.78 is 14.0. The molecule has 0 fully saturated rings. The first-order chi connectivity index (χ1) is 8.47. The van der Waals surface area contributed by atoms with Gasteiger partial charge in [0.05, 0.1) is 0 Å². The average molecular weight is 261 g/mol. The highest BCUT2D eigenvalue weighted by atomic mass is 32.2. The summed E-state index contributed by atoms with van der Waals surface area (Å²) in [7, 11) is 0. The highest BCUT2D eigenvalue weighted by Gasteiger charge is 2.15. The molecule has 1 aromatic carbocycles. The van der Waals surface area contributed by atoms with Crippen LogP contribution in [-0.4, -0.2) is 4.98 Å². The Balaban J connectivity index is 2.26. The molecular weight excluding hydrogens is 245 g/mol. The zero-order valence-corrected chi connectivity index (χ0v) is 11.6. The van der Waals surface area contributed by atoms with E-state index >= 15 is 0 Å². The van der Waals surface area contributed by atoms with Crippen molar-refractivity contribution in [1.29, 1.82) is 0 Å². The van der Waals surface area contributed by atoms with E-state index in [-0.39, 0.29) is 11.2 Å². The standard InChI is InChI=1S/C15H16FNS/c1-15(2,3)11-4-5-14(13(16)10-11)18-12-6-8-17-9-7-12/h4-10H,1-3H3. The van der Waals surface area contributed by atoms with Crippen LogP contribution in [0.25, 0.3) is 0 Å². The summed E-state index contributed by atoms with van der Waals surface area (Å²) in [6.07, 6.45) is 3.42. The van der Waals surface area contributed by atoms with Crippen LogP contribution in [0.2, 0.25) is 0 Å². The number of aromatic nitrogens is 1. The van der Waals surface area contributed by atoms with E-state index in [0.29, 0.717) is 4.90 Å². The Labute approximate surface area is 111 Å². The van der Waals surface area contributed by atoms with Gasteiger partial charge >= 0.3 is 0 Å². The summed E-state index contributed by atoms with van der Waals surface area (Å²) in [5.74, 6) is -0.163. The fourth-order valence-electron chi connectivity index (χ4n) is 1.58. The highest BCUT2D eigenvalue weighted by Crippen LogP contribution is 2.32. The Hall–Kier alpha value is -1.35. The van der Waals surface area contributed by atoms with Crippen LogP contribution in [-0.2, 0) is 5.41 Å². The van der Waals surface area contributed by atoms with Gasteiger partial charge in [0.1, 0.15) is 5.82 Å². The maximum absolute atomic E-state index is 14.0. The molecule has 94 valence electrons. The van der Waals surface area contributed by atoms with E-state index in [0.717, 1.165) is 10.5 Å². The van der Waals surface area contributed by atoms with Crippen LogP contribution < -0.4 is 0 Å². The molecule has 18 heavy (non-hydrogen) atoms. The molecule has 0 unspecified atom stereocenters. The molecular formula is C15H16FNS. The normalized spacial score (nSPS) is 11.6. The van der Waals surface area contributed by atoms with Gasteiger partial charge in [-0.25, -0.2) is 4.39 Å². The lowest BCUT2D eigenvalue weighted by Crippen LogP contribution is -2.11. The number of hydrogen-bond donors (Lipinski definition) is 0. The molecule has 3 heteroatoms. The van der Waals surface area contributed by atoms with Gasteiger partial charge in [-0.3, -0.25) is 4.98 Å². The molecule has 0 saturated heterocycles. The Morgan fingerprint density at radius 3 is 2.28 bits per heavy atom. The van der Waals surface area contributed by atoms with Crippen molar-refractivity contribution >= 4 is 11.8 Å². The number of benzene rings is 1. The third kappa shape index (κ3) is 3.10. The molecule has 0 saturated carbocycles. The minimum Gasteiger partial charge on any atom is -0.265 e. The third-order valence-corrected chi connectivity index (χ3v) is 3.73. The van der Waals surface area contributed by atoms with Crippen molar-refractivity contribution in [1.82, 2.24) is 4.98 Å². The number of halogens is 1. The molecule has 0 bridgehead atoms. The van der Waals surface area contributed by atoms with Crippen molar-refractivity contribution in [2.45, 2.75) is 36.0 Å². The van der Waals surface area contributed by atoms with Crippen molar-refractivity contribution < 1.29 is 4.39 Å². The van der Waals surface area contributed by atoms with Crippen molar-refractivity contribution in [2.75, 3.05) is 0 Å². The van der Waals surface area contributed by atoms with Crippen LogP contribution >= 0.6 is 11.8 Å². The van der Waals surface area contributed by atoms with Crippen LogP contribution in [0.15, 0.2) is 52.5 Å². The summed E-state index contributed by atoms with van der Waals surface area (Å²) >= 11 is 1.42. The molecule has 0 radical (unpaired) electrons. The largest absolute Gasteiger partial charge is 0.265 e. The van der Waals surface area contributed by atoms with Crippen molar-refractivity contribution in [2.24, 2.45) is 0 Å².